The molecule has 0 spiro atoms. The first kappa shape index (κ1) is 17.3. The van der Waals surface area contributed by atoms with Gasteiger partial charge in [0, 0.05) is 0 Å². The van der Waals surface area contributed by atoms with Crippen molar-refractivity contribution >= 4 is 0 Å². The molecule has 0 aliphatic carbocycles. The van der Waals surface area contributed by atoms with Crippen LogP contribution in [0.2, 0.25) is 0 Å². The first-order valence-electron chi connectivity index (χ1n) is 8.81. The maximum absolute atomic E-state index is 10.2. The molecular weight excluding hydrogens is 274 g/mol. The third kappa shape index (κ3) is 5.29. The molecular formula is C19H32NO2+. The standard InChI is InChI=1S/C19H31NO2/c1-15(2)19-9-8-18(12-16(19)3)22-14-17(21)13-20-10-6-4-5-7-11-20/h8-9,12,15,17,21H,4-7,10-11,13-14H2,1-3H3/p+1. The Morgan fingerprint density at radius 2 is 1.82 bits per heavy atom. The summed E-state index contributed by atoms with van der Waals surface area (Å²) in [5.41, 5.74) is 2.63. The van der Waals surface area contributed by atoms with E-state index in [1.807, 2.05) is 6.07 Å². The van der Waals surface area contributed by atoms with Crippen molar-refractivity contribution in [1.82, 2.24) is 0 Å². The van der Waals surface area contributed by atoms with Gasteiger partial charge in [-0.1, -0.05) is 19.9 Å². The number of benzene rings is 1. The monoisotopic (exact) mass is 306 g/mol. The van der Waals surface area contributed by atoms with E-state index in [0.717, 1.165) is 12.3 Å². The van der Waals surface area contributed by atoms with Gasteiger partial charge in [0.15, 0.2) is 0 Å². The lowest BCUT2D eigenvalue weighted by molar-refractivity contribution is -0.902. The zero-order chi connectivity index (χ0) is 15.9. The SMILES string of the molecule is Cc1cc(OCC(O)C[NH+]2CCCCCC2)ccc1C(C)C. The van der Waals surface area contributed by atoms with Crippen molar-refractivity contribution in [2.24, 2.45) is 0 Å². The Balaban J connectivity index is 1.80. The number of quaternary nitrogens is 1. The van der Waals surface area contributed by atoms with Gasteiger partial charge in [-0.15, -0.1) is 0 Å². The van der Waals surface area contributed by atoms with Crippen LogP contribution in [0, 0.1) is 6.92 Å². The molecule has 1 saturated heterocycles. The van der Waals surface area contributed by atoms with Gasteiger partial charge >= 0.3 is 0 Å². The minimum absolute atomic E-state index is 0.377. The van der Waals surface area contributed by atoms with Crippen molar-refractivity contribution in [3.05, 3.63) is 29.3 Å². The largest absolute Gasteiger partial charge is 0.491 e. The molecule has 0 amide bonds. The third-order valence-corrected chi connectivity index (χ3v) is 4.64. The lowest BCUT2D eigenvalue weighted by Crippen LogP contribution is -3.13. The summed E-state index contributed by atoms with van der Waals surface area (Å²) in [7, 11) is 0. The van der Waals surface area contributed by atoms with Crippen LogP contribution in [0.1, 0.15) is 56.6 Å². The fraction of sp³-hybridized carbons (Fsp3) is 0.684. The molecule has 2 N–H and O–H groups in total. The molecule has 1 atom stereocenters. The van der Waals surface area contributed by atoms with Crippen LogP contribution in [-0.4, -0.2) is 37.5 Å². The van der Waals surface area contributed by atoms with E-state index in [9.17, 15) is 5.11 Å². The van der Waals surface area contributed by atoms with E-state index in [4.69, 9.17) is 4.74 Å². The molecule has 3 heteroatoms. The average Bonchev–Trinajstić information content (AvgIpc) is 2.73. The second-order valence-electron chi connectivity index (χ2n) is 7.01. The summed E-state index contributed by atoms with van der Waals surface area (Å²) in [6, 6.07) is 6.25. The minimum Gasteiger partial charge on any atom is -0.491 e. The van der Waals surface area contributed by atoms with E-state index in [2.05, 4.69) is 32.9 Å². The highest BCUT2D eigenvalue weighted by Crippen LogP contribution is 2.23. The number of ether oxygens (including phenoxy) is 1. The first-order valence-corrected chi connectivity index (χ1v) is 8.81. The summed E-state index contributed by atoms with van der Waals surface area (Å²) >= 11 is 0. The predicted molar refractivity (Wildman–Crippen MR) is 90.8 cm³/mol. The smallest absolute Gasteiger partial charge is 0.137 e. The number of nitrogens with one attached hydrogen (secondary N) is 1. The molecule has 1 heterocycles. The summed E-state index contributed by atoms with van der Waals surface area (Å²) in [6.07, 6.45) is 4.89. The minimum atomic E-state index is -0.377. The van der Waals surface area contributed by atoms with Crippen LogP contribution < -0.4 is 9.64 Å². The van der Waals surface area contributed by atoms with Crippen LogP contribution in [0.15, 0.2) is 18.2 Å². The summed E-state index contributed by atoms with van der Waals surface area (Å²) in [5, 5.41) is 10.2. The Morgan fingerprint density at radius 1 is 1.14 bits per heavy atom. The highest BCUT2D eigenvalue weighted by atomic mass is 16.5. The number of hydrogen-bond donors (Lipinski definition) is 2. The summed E-state index contributed by atoms with van der Waals surface area (Å²) < 4.78 is 5.79. The van der Waals surface area contributed by atoms with Gasteiger partial charge in [0.25, 0.3) is 0 Å². The Morgan fingerprint density at radius 3 is 2.41 bits per heavy atom. The molecule has 0 bridgehead atoms. The van der Waals surface area contributed by atoms with E-state index in [-0.39, 0.29) is 6.10 Å². The molecule has 1 aliphatic rings. The lowest BCUT2D eigenvalue weighted by atomic mass is 9.98. The molecule has 22 heavy (non-hydrogen) atoms. The number of hydrogen-bond acceptors (Lipinski definition) is 2. The highest BCUT2D eigenvalue weighted by molar-refractivity contribution is 5.36. The van der Waals surface area contributed by atoms with Crippen LogP contribution in [0.5, 0.6) is 5.75 Å². The second kappa shape index (κ2) is 8.54. The van der Waals surface area contributed by atoms with Crippen LogP contribution in [0.4, 0.5) is 0 Å². The molecule has 0 radical (unpaired) electrons. The van der Waals surface area contributed by atoms with Crippen molar-refractivity contribution in [1.29, 1.82) is 0 Å². The summed E-state index contributed by atoms with van der Waals surface area (Å²) in [4.78, 5) is 1.53. The molecule has 0 aromatic heterocycles. The number of aryl methyl sites for hydroxylation is 1. The number of aliphatic hydroxyl groups excluding tert-OH is 1. The first-order chi connectivity index (χ1) is 10.6. The Bertz CT molecular complexity index is 451. The number of aliphatic hydroxyl groups is 1. The van der Waals surface area contributed by atoms with Crippen molar-refractivity contribution in [2.75, 3.05) is 26.2 Å². The Hall–Kier alpha value is -1.06. The zero-order valence-electron chi connectivity index (χ0n) is 14.4. The molecule has 0 saturated carbocycles. The molecule has 1 aromatic carbocycles. The van der Waals surface area contributed by atoms with Gasteiger partial charge in [-0.2, -0.15) is 0 Å². The van der Waals surface area contributed by atoms with Gasteiger partial charge < -0.3 is 14.7 Å². The molecule has 1 unspecified atom stereocenters. The third-order valence-electron chi connectivity index (χ3n) is 4.64. The average molecular weight is 306 g/mol. The fourth-order valence-electron chi connectivity index (χ4n) is 3.40. The molecule has 2 rings (SSSR count). The molecule has 124 valence electrons. The van der Waals surface area contributed by atoms with Crippen LogP contribution in [0.25, 0.3) is 0 Å². The quantitative estimate of drug-likeness (QED) is 0.846. The molecule has 1 aromatic rings. The number of likely N-dealkylation sites (tertiary alicyclic amines) is 1. The highest BCUT2D eigenvalue weighted by Gasteiger charge is 2.17. The van der Waals surface area contributed by atoms with Crippen LogP contribution in [-0.2, 0) is 0 Å². The normalized spacial score (nSPS) is 18.2. The van der Waals surface area contributed by atoms with E-state index in [1.165, 1.54) is 54.8 Å². The van der Waals surface area contributed by atoms with Crippen molar-refractivity contribution in [3.8, 4) is 5.75 Å². The zero-order valence-corrected chi connectivity index (χ0v) is 14.4. The molecule has 1 aliphatic heterocycles. The van der Waals surface area contributed by atoms with Crippen molar-refractivity contribution in [3.63, 3.8) is 0 Å². The topological polar surface area (TPSA) is 33.9 Å². The Labute approximate surface area is 135 Å². The Kier molecular flexibility index (Phi) is 6.71. The van der Waals surface area contributed by atoms with E-state index in [0.29, 0.717) is 12.5 Å². The van der Waals surface area contributed by atoms with E-state index in [1.54, 1.807) is 0 Å². The fourth-order valence-corrected chi connectivity index (χ4v) is 3.40. The maximum atomic E-state index is 10.2. The van der Waals surface area contributed by atoms with Gasteiger partial charge in [-0.05, 0) is 61.8 Å². The van der Waals surface area contributed by atoms with Crippen LogP contribution >= 0.6 is 0 Å². The number of rotatable bonds is 6. The van der Waals surface area contributed by atoms with Crippen LogP contribution in [0.3, 0.4) is 0 Å². The molecule has 1 fully saturated rings. The van der Waals surface area contributed by atoms with Crippen molar-refractivity contribution in [2.45, 2.75) is 58.5 Å². The molecule has 3 nitrogen and oxygen atoms in total. The second-order valence-corrected chi connectivity index (χ2v) is 7.01. The van der Waals surface area contributed by atoms with Gasteiger partial charge in [-0.25, -0.2) is 0 Å². The predicted octanol–water partition coefficient (Wildman–Crippen LogP) is 2.32. The summed E-state index contributed by atoms with van der Waals surface area (Å²) in [5.74, 6) is 1.40. The van der Waals surface area contributed by atoms with E-state index >= 15 is 0 Å². The van der Waals surface area contributed by atoms with Gasteiger partial charge in [-0.3, -0.25) is 0 Å². The van der Waals surface area contributed by atoms with Crippen molar-refractivity contribution < 1.29 is 14.7 Å². The van der Waals surface area contributed by atoms with E-state index < -0.39 is 0 Å². The maximum Gasteiger partial charge on any atom is 0.137 e. The van der Waals surface area contributed by atoms with Gasteiger partial charge in [0.1, 0.15) is 25.0 Å². The lowest BCUT2D eigenvalue weighted by Gasteiger charge is -2.21. The van der Waals surface area contributed by atoms with Gasteiger partial charge in [0.05, 0.1) is 13.1 Å². The summed E-state index contributed by atoms with van der Waals surface area (Å²) in [6.45, 7) is 10.1. The van der Waals surface area contributed by atoms with Gasteiger partial charge in [0.2, 0.25) is 0 Å².